The van der Waals surface area contributed by atoms with Gasteiger partial charge in [0.25, 0.3) is 0 Å². The van der Waals surface area contributed by atoms with Gasteiger partial charge in [0.1, 0.15) is 11.2 Å². The Balaban J connectivity index is 1.11. The van der Waals surface area contributed by atoms with E-state index in [0.29, 0.717) is 17.5 Å². The van der Waals surface area contributed by atoms with Gasteiger partial charge in [-0.25, -0.2) is 15.0 Å². The summed E-state index contributed by atoms with van der Waals surface area (Å²) in [4.78, 5) is 15.2. The number of furan rings is 1. The quantitative estimate of drug-likeness (QED) is 0.171. The van der Waals surface area contributed by atoms with Crippen LogP contribution in [0.3, 0.4) is 0 Å². The molecule has 0 aliphatic carbocycles. The molecule has 11 rings (SSSR count). The highest BCUT2D eigenvalue weighted by molar-refractivity contribution is 7.26. The van der Waals surface area contributed by atoms with E-state index >= 15 is 0 Å². The van der Waals surface area contributed by atoms with Gasteiger partial charge in [0.2, 0.25) is 0 Å². The minimum Gasteiger partial charge on any atom is -0.455 e. The van der Waals surface area contributed by atoms with Crippen LogP contribution in [0.15, 0.2) is 192 Å². The van der Waals surface area contributed by atoms with Gasteiger partial charge in [-0.15, -0.1) is 11.3 Å². The van der Waals surface area contributed by atoms with Crippen LogP contribution in [0.5, 0.6) is 0 Å². The molecule has 3 aromatic heterocycles. The van der Waals surface area contributed by atoms with Crippen LogP contribution in [0.4, 0.5) is 0 Å². The van der Waals surface area contributed by atoms with Gasteiger partial charge >= 0.3 is 0 Å². The number of aromatic nitrogens is 3. The minimum atomic E-state index is 0.560. The molecule has 0 N–H and O–H groups in total. The number of hydrogen-bond donors (Lipinski definition) is 0. The van der Waals surface area contributed by atoms with Crippen molar-refractivity contribution in [3.63, 3.8) is 0 Å². The molecule has 0 radical (unpaired) electrons. The summed E-state index contributed by atoms with van der Waals surface area (Å²) in [5, 5.41) is 4.58. The first kappa shape index (κ1) is 32.2. The predicted octanol–water partition coefficient (Wildman–Crippen LogP) is 14.1. The molecule has 0 saturated carbocycles. The Bertz CT molecular complexity index is 3230. The van der Waals surface area contributed by atoms with Crippen molar-refractivity contribution >= 4 is 53.4 Å². The largest absolute Gasteiger partial charge is 0.455 e. The maximum Gasteiger partial charge on any atom is 0.167 e. The summed E-state index contributed by atoms with van der Waals surface area (Å²) < 4.78 is 9.56. The Hall–Kier alpha value is -7.21. The van der Waals surface area contributed by atoms with Crippen molar-refractivity contribution in [2.24, 2.45) is 0 Å². The third kappa shape index (κ3) is 5.48. The number of benzene rings is 8. The van der Waals surface area contributed by atoms with Crippen LogP contribution < -0.4 is 0 Å². The van der Waals surface area contributed by atoms with Crippen molar-refractivity contribution in [3.05, 3.63) is 188 Å². The Morgan fingerprint density at radius 1 is 0.321 bits per heavy atom. The van der Waals surface area contributed by atoms with Gasteiger partial charge in [0, 0.05) is 53.2 Å². The normalized spacial score (nSPS) is 11.6. The predicted molar refractivity (Wildman–Crippen MR) is 233 cm³/mol. The Morgan fingerprint density at radius 2 is 0.804 bits per heavy atom. The second-order valence-electron chi connectivity index (χ2n) is 13.9. The highest BCUT2D eigenvalue weighted by Gasteiger charge is 2.21. The maximum atomic E-state index is 7.05. The van der Waals surface area contributed by atoms with Gasteiger partial charge in [-0.2, -0.15) is 0 Å². The summed E-state index contributed by atoms with van der Waals surface area (Å²) in [6.45, 7) is 0. The minimum absolute atomic E-state index is 0.560. The van der Waals surface area contributed by atoms with E-state index in [1.807, 2.05) is 47.7 Å². The molecule has 0 saturated heterocycles. The number of thiophene rings is 1. The van der Waals surface area contributed by atoms with Gasteiger partial charge in [-0.05, 0) is 46.5 Å². The van der Waals surface area contributed by atoms with Crippen molar-refractivity contribution in [2.75, 3.05) is 0 Å². The molecule has 0 aliphatic heterocycles. The van der Waals surface area contributed by atoms with Crippen LogP contribution >= 0.6 is 11.3 Å². The Labute approximate surface area is 327 Å². The Kier molecular flexibility index (Phi) is 7.64. The van der Waals surface area contributed by atoms with Gasteiger partial charge < -0.3 is 4.42 Å². The molecule has 262 valence electrons. The number of nitrogens with zero attached hydrogens (tertiary/aromatic N) is 3. The van der Waals surface area contributed by atoms with Gasteiger partial charge in [-0.1, -0.05) is 164 Å². The van der Waals surface area contributed by atoms with E-state index in [0.717, 1.165) is 60.9 Å². The summed E-state index contributed by atoms with van der Waals surface area (Å²) in [5.74, 6) is 1.77. The van der Waals surface area contributed by atoms with Gasteiger partial charge in [0.15, 0.2) is 17.5 Å². The summed E-state index contributed by atoms with van der Waals surface area (Å²) in [5.41, 5.74) is 11.1. The average molecular weight is 734 g/mol. The lowest BCUT2D eigenvalue weighted by atomic mass is 9.95. The number of fused-ring (bicyclic) bond motifs is 6. The molecule has 0 atom stereocenters. The number of para-hydroxylation sites is 2. The summed E-state index contributed by atoms with van der Waals surface area (Å²) in [6.07, 6.45) is 0. The lowest BCUT2D eigenvalue weighted by Crippen LogP contribution is -2.00. The van der Waals surface area contributed by atoms with Crippen molar-refractivity contribution in [2.45, 2.75) is 0 Å². The molecule has 5 heteroatoms. The molecule has 0 unspecified atom stereocenters. The standard InChI is InChI=1S/C51H31N3OS/c1-4-14-32(15-5-1)34-26-28-36(29-27-34)50-52-49(35-18-8-3-9-19-35)53-51(54-50)42-24-13-22-40-39-21-12-23-41(46(39)55-47(40)42)44-31-37(33-16-6-2-7-17-33)30-43-38-20-10-11-25-45(38)56-48(43)44/h1-31H. The smallest absolute Gasteiger partial charge is 0.167 e. The molecule has 0 bridgehead atoms. The maximum absolute atomic E-state index is 7.05. The van der Waals surface area contributed by atoms with E-state index in [1.165, 1.54) is 31.3 Å². The van der Waals surface area contributed by atoms with Crippen molar-refractivity contribution in [1.82, 2.24) is 15.0 Å². The molecule has 56 heavy (non-hydrogen) atoms. The second-order valence-corrected chi connectivity index (χ2v) is 15.0. The molecular formula is C51H31N3OS. The summed E-state index contributed by atoms with van der Waals surface area (Å²) in [7, 11) is 0. The lowest BCUT2D eigenvalue weighted by Gasteiger charge is -2.10. The van der Waals surface area contributed by atoms with Crippen LogP contribution in [0, 0.1) is 0 Å². The fraction of sp³-hybridized carbons (Fsp3) is 0. The van der Waals surface area contributed by atoms with E-state index in [2.05, 4.69) is 152 Å². The van der Waals surface area contributed by atoms with Crippen molar-refractivity contribution < 1.29 is 4.42 Å². The lowest BCUT2D eigenvalue weighted by molar-refractivity contribution is 0.670. The fourth-order valence-corrected chi connectivity index (χ4v) is 9.03. The molecule has 3 heterocycles. The second kappa shape index (κ2) is 13.3. The van der Waals surface area contributed by atoms with Crippen LogP contribution in [0.25, 0.3) is 110 Å². The molecule has 8 aromatic carbocycles. The molecule has 0 spiro atoms. The third-order valence-corrected chi connectivity index (χ3v) is 11.8. The molecule has 0 aliphatic rings. The number of hydrogen-bond acceptors (Lipinski definition) is 5. The average Bonchev–Trinajstić information content (AvgIpc) is 3.86. The van der Waals surface area contributed by atoms with E-state index in [-0.39, 0.29) is 0 Å². The zero-order chi connectivity index (χ0) is 37.0. The molecule has 0 amide bonds. The molecule has 11 aromatic rings. The van der Waals surface area contributed by atoms with E-state index in [4.69, 9.17) is 19.4 Å². The van der Waals surface area contributed by atoms with Gasteiger partial charge in [-0.3, -0.25) is 0 Å². The summed E-state index contributed by atoms with van der Waals surface area (Å²) >= 11 is 1.83. The van der Waals surface area contributed by atoms with Crippen LogP contribution in [-0.2, 0) is 0 Å². The fourth-order valence-electron chi connectivity index (χ4n) is 7.82. The highest BCUT2D eigenvalue weighted by atomic mass is 32.1. The van der Waals surface area contributed by atoms with E-state index in [1.54, 1.807) is 0 Å². The highest BCUT2D eigenvalue weighted by Crippen LogP contribution is 2.46. The van der Waals surface area contributed by atoms with Gasteiger partial charge in [0.05, 0.1) is 5.56 Å². The molecule has 4 nitrogen and oxygen atoms in total. The van der Waals surface area contributed by atoms with Crippen LogP contribution in [0.1, 0.15) is 0 Å². The zero-order valence-corrected chi connectivity index (χ0v) is 30.9. The van der Waals surface area contributed by atoms with E-state index < -0.39 is 0 Å². The van der Waals surface area contributed by atoms with Crippen molar-refractivity contribution in [1.29, 1.82) is 0 Å². The van der Waals surface area contributed by atoms with Crippen molar-refractivity contribution in [3.8, 4) is 67.5 Å². The first-order chi connectivity index (χ1) is 27.7. The SMILES string of the molecule is c1ccc(-c2ccc(-c3nc(-c4ccccc4)nc(-c4cccc5c4oc4c(-c6cc(-c7ccccc7)cc7c6sc6ccccc67)cccc45)n3)cc2)cc1. The first-order valence-corrected chi connectivity index (χ1v) is 19.5. The monoisotopic (exact) mass is 733 g/mol. The number of rotatable bonds is 6. The first-order valence-electron chi connectivity index (χ1n) is 18.7. The summed E-state index contributed by atoms with van der Waals surface area (Å²) in [6, 6.07) is 65.6. The molecule has 0 fully saturated rings. The van der Waals surface area contributed by atoms with Crippen LogP contribution in [-0.4, -0.2) is 15.0 Å². The third-order valence-electron chi connectivity index (χ3n) is 10.6. The Morgan fingerprint density at radius 3 is 1.48 bits per heavy atom. The zero-order valence-electron chi connectivity index (χ0n) is 30.1. The van der Waals surface area contributed by atoms with Crippen LogP contribution in [0.2, 0.25) is 0 Å². The van der Waals surface area contributed by atoms with E-state index in [9.17, 15) is 0 Å². The molecular weight excluding hydrogens is 703 g/mol. The topological polar surface area (TPSA) is 51.8 Å².